The minimum Gasteiger partial charge on any atom is -0.452 e. The molecule has 1 aromatic carbocycles. The Balaban J connectivity index is 1.44. The van der Waals surface area contributed by atoms with E-state index in [1.54, 1.807) is 6.08 Å². The lowest BCUT2D eigenvalue weighted by molar-refractivity contribution is -0.143. The van der Waals surface area contributed by atoms with Crippen LogP contribution in [0.3, 0.4) is 0 Å². The van der Waals surface area contributed by atoms with Crippen molar-refractivity contribution in [1.29, 1.82) is 0 Å². The Hall–Kier alpha value is -2.47. The number of benzene rings is 1. The van der Waals surface area contributed by atoms with Crippen LogP contribution in [0.4, 0.5) is 0 Å². The zero-order chi connectivity index (χ0) is 18.4. The first kappa shape index (κ1) is 18.3. The first-order chi connectivity index (χ1) is 12.6. The topological polar surface area (TPSA) is 68.3 Å². The first-order valence-electron chi connectivity index (χ1n) is 8.67. The van der Waals surface area contributed by atoms with Crippen LogP contribution in [0.25, 0.3) is 6.08 Å². The number of ether oxygens (including phenoxy) is 1. The standard InChI is InChI=1S/C20H22N2O3S/c1-15-22-17(13-26-15)8-9-19(24)25-12-18(23)21-14-20(10-5-11-20)16-6-3-2-4-7-16/h2-4,6-9,13H,5,10-12,14H2,1H3,(H,21,23)/b9-8+. The van der Waals surface area contributed by atoms with Crippen LogP contribution in [-0.4, -0.2) is 30.0 Å². The SMILES string of the molecule is Cc1nc(/C=C/C(=O)OCC(=O)NCC2(c3ccccc3)CCC2)cs1. The summed E-state index contributed by atoms with van der Waals surface area (Å²) in [5, 5.41) is 5.69. The number of hydrogen-bond acceptors (Lipinski definition) is 5. The molecule has 0 saturated heterocycles. The molecule has 1 amide bonds. The fourth-order valence-corrected chi connectivity index (χ4v) is 3.66. The zero-order valence-electron chi connectivity index (χ0n) is 14.7. The maximum atomic E-state index is 12.0. The van der Waals surface area contributed by atoms with Crippen LogP contribution in [0.5, 0.6) is 0 Å². The second kappa shape index (κ2) is 8.27. The lowest BCUT2D eigenvalue weighted by atomic mass is 9.64. The largest absolute Gasteiger partial charge is 0.452 e. The van der Waals surface area contributed by atoms with Crippen LogP contribution in [0.2, 0.25) is 0 Å². The number of nitrogens with zero attached hydrogens (tertiary/aromatic N) is 1. The third-order valence-corrected chi connectivity index (χ3v) is 5.48. The summed E-state index contributed by atoms with van der Waals surface area (Å²) in [6.07, 6.45) is 6.17. The molecule has 2 aromatic rings. The highest BCUT2D eigenvalue weighted by Gasteiger charge is 2.38. The predicted octanol–water partition coefficient (Wildman–Crippen LogP) is 3.25. The van der Waals surface area contributed by atoms with Crippen molar-refractivity contribution >= 4 is 29.3 Å². The molecule has 1 N–H and O–H groups in total. The molecule has 0 aliphatic heterocycles. The fraction of sp³-hybridized carbons (Fsp3) is 0.350. The molecule has 3 rings (SSSR count). The van der Waals surface area contributed by atoms with E-state index < -0.39 is 5.97 Å². The van der Waals surface area contributed by atoms with Gasteiger partial charge in [-0.25, -0.2) is 9.78 Å². The van der Waals surface area contributed by atoms with E-state index in [2.05, 4.69) is 22.4 Å². The lowest BCUT2D eigenvalue weighted by Gasteiger charge is -2.42. The fourth-order valence-electron chi connectivity index (χ4n) is 3.08. The number of esters is 1. The highest BCUT2D eigenvalue weighted by Crippen LogP contribution is 2.43. The van der Waals surface area contributed by atoms with Crippen molar-refractivity contribution in [2.45, 2.75) is 31.6 Å². The number of carbonyl (C=O) groups excluding carboxylic acids is 2. The van der Waals surface area contributed by atoms with E-state index in [1.165, 1.54) is 29.4 Å². The summed E-state index contributed by atoms with van der Waals surface area (Å²) in [6, 6.07) is 10.3. The van der Waals surface area contributed by atoms with Gasteiger partial charge >= 0.3 is 5.97 Å². The number of thiazole rings is 1. The minimum absolute atomic E-state index is 0.0172. The Morgan fingerprint density at radius 1 is 1.31 bits per heavy atom. The average Bonchev–Trinajstić information content (AvgIpc) is 3.03. The van der Waals surface area contributed by atoms with E-state index in [0.29, 0.717) is 12.2 Å². The number of carbonyl (C=O) groups is 2. The molecular formula is C20H22N2O3S. The second-order valence-electron chi connectivity index (χ2n) is 6.51. The maximum absolute atomic E-state index is 12.0. The normalized spacial score (nSPS) is 15.4. The van der Waals surface area contributed by atoms with Crippen molar-refractivity contribution in [3.8, 4) is 0 Å². The van der Waals surface area contributed by atoms with E-state index in [-0.39, 0.29) is 17.9 Å². The van der Waals surface area contributed by atoms with Gasteiger partial charge in [-0.15, -0.1) is 11.3 Å². The van der Waals surface area contributed by atoms with E-state index in [0.717, 1.165) is 17.8 Å². The Kier molecular flexibility index (Phi) is 5.83. The third-order valence-electron chi connectivity index (χ3n) is 4.69. The maximum Gasteiger partial charge on any atom is 0.331 e. The minimum atomic E-state index is -0.549. The molecule has 0 unspecified atom stereocenters. The van der Waals surface area contributed by atoms with Gasteiger partial charge in [0, 0.05) is 23.4 Å². The quantitative estimate of drug-likeness (QED) is 0.600. The number of rotatable bonds is 7. The molecule has 1 aromatic heterocycles. The number of nitrogens with one attached hydrogen (secondary N) is 1. The van der Waals surface area contributed by atoms with Gasteiger partial charge in [0.05, 0.1) is 10.7 Å². The zero-order valence-corrected chi connectivity index (χ0v) is 15.6. The van der Waals surface area contributed by atoms with E-state index >= 15 is 0 Å². The van der Waals surface area contributed by atoms with Gasteiger partial charge in [-0.1, -0.05) is 36.8 Å². The lowest BCUT2D eigenvalue weighted by Crippen LogP contribution is -2.46. The van der Waals surface area contributed by atoms with Gasteiger partial charge in [0.2, 0.25) is 0 Å². The van der Waals surface area contributed by atoms with Crippen molar-refractivity contribution in [2.24, 2.45) is 0 Å². The van der Waals surface area contributed by atoms with Gasteiger partial charge < -0.3 is 10.1 Å². The van der Waals surface area contributed by atoms with Gasteiger partial charge in [0.25, 0.3) is 5.91 Å². The summed E-state index contributed by atoms with van der Waals surface area (Å²) >= 11 is 1.51. The Morgan fingerprint density at radius 2 is 2.08 bits per heavy atom. The summed E-state index contributed by atoms with van der Waals surface area (Å²) in [6.45, 7) is 2.19. The number of amides is 1. The van der Waals surface area contributed by atoms with Crippen LogP contribution >= 0.6 is 11.3 Å². The van der Waals surface area contributed by atoms with Crippen molar-refractivity contribution in [1.82, 2.24) is 10.3 Å². The van der Waals surface area contributed by atoms with Gasteiger partial charge in [-0.05, 0) is 31.4 Å². The van der Waals surface area contributed by atoms with Crippen molar-refractivity contribution < 1.29 is 14.3 Å². The molecule has 0 spiro atoms. The second-order valence-corrected chi connectivity index (χ2v) is 7.57. The molecule has 0 bridgehead atoms. The molecule has 1 aliphatic carbocycles. The first-order valence-corrected chi connectivity index (χ1v) is 9.55. The highest BCUT2D eigenvalue weighted by atomic mass is 32.1. The number of aryl methyl sites for hydroxylation is 1. The summed E-state index contributed by atoms with van der Waals surface area (Å²) in [5.74, 6) is -0.828. The molecule has 1 aliphatic rings. The van der Waals surface area contributed by atoms with E-state index in [9.17, 15) is 9.59 Å². The summed E-state index contributed by atoms with van der Waals surface area (Å²) in [4.78, 5) is 27.9. The van der Waals surface area contributed by atoms with Crippen molar-refractivity contribution in [3.63, 3.8) is 0 Å². The Morgan fingerprint density at radius 3 is 2.69 bits per heavy atom. The number of aromatic nitrogens is 1. The highest BCUT2D eigenvalue weighted by molar-refractivity contribution is 7.09. The monoisotopic (exact) mass is 370 g/mol. The molecule has 1 saturated carbocycles. The summed E-state index contributed by atoms with van der Waals surface area (Å²) in [5.41, 5.74) is 1.98. The van der Waals surface area contributed by atoms with Gasteiger partial charge in [-0.3, -0.25) is 4.79 Å². The van der Waals surface area contributed by atoms with Crippen molar-refractivity contribution in [2.75, 3.05) is 13.2 Å². The van der Waals surface area contributed by atoms with Crippen molar-refractivity contribution in [3.05, 3.63) is 58.1 Å². The summed E-state index contributed by atoms with van der Waals surface area (Å²) < 4.78 is 4.99. The molecule has 1 heterocycles. The molecular weight excluding hydrogens is 348 g/mol. The molecule has 0 atom stereocenters. The number of hydrogen-bond donors (Lipinski definition) is 1. The van der Waals surface area contributed by atoms with Crippen LogP contribution in [-0.2, 0) is 19.7 Å². The Bertz CT molecular complexity index is 794. The predicted molar refractivity (Wildman–Crippen MR) is 102 cm³/mol. The molecule has 1 fully saturated rings. The van der Waals surface area contributed by atoms with Gasteiger partial charge in [0.15, 0.2) is 6.61 Å². The Labute approximate surface area is 157 Å². The van der Waals surface area contributed by atoms with Crippen LogP contribution in [0.1, 0.15) is 35.5 Å². The van der Waals surface area contributed by atoms with Gasteiger partial charge in [0.1, 0.15) is 0 Å². The van der Waals surface area contributed by atoms with Crippen LogP contribution in [0.15, 0.2) is 41.8 Å². The smallest absolute Gasteiger partial charge is 0.331 e. The average molecular weight is 370 g/mol. The molecule has 136 valence electrons. The van der Waals surface area contributed by atoms with Crippen LogP contribution < -0.4 is 5.32 Å². The molecule has 26 heavy (non-hydrogen) atoms. The van der Waals surface area contributed by atoms with E-state index in [4.69, 9.17) is 4.74 Å². The molecule has 0 radical (unpaired) electrons. The summed E-state index contributed by atoms with van der Waals surface area (Å²) in [7, 11) is 0. The van der Waals surface area contributed by atoms with E-state index in [1.807, 2.05) is 30.5 Å². The van der Waals surface area contributed by atoms with Crippen LogP contribution in [0, 0.1) is 6.92 Å². The third kappa shape index (κ3) is 4.58. The van der Waals surface area contributed by atoms with Gasteiger partial charge in [-0.2, -0.15) is 0 Å². The molecule has 5 nitrogen and oxygen atoms in total. The molecule has 6 heteroatoms.